The molecule has 0 fully saturated rings. The Morgan fingerprint density at radius 2 is 1.92 bits per heavy atom. The van der Waals surface area contributed by atoms with Crippen LogP contribution in [-0.4, -0.2) is 5.78 Å². The van der Waals surface area contributed by atoms with Crippen molar-refractivity contribution in [3.63, 3.8) is 0 Å². The first-order valence-electron chi connectivity index (χ1n) is 4.19. The standard InChI is InChI=1S/C8H12.C3H5O.Os/c1-7-4-3-5-8(2)6-7;1-3(2)4;/h4,6H,3,5H2,1-2H3;1H2,2H3;/q;-1;+1. The molecule has 0 bridgehead atoms. The average molecular weight is 355 g/mol. The second-order valence-corrected chi connectivity index (χ2v) is 3.18. The van der Waals surface area contributed by atoms with Crippen LogP contribution in [0.5, 0.6) is 0 Å². The molecular formula is C11H17OOs. The van der Waals surface area contributed by atoms with Crippen LogP contribution in [-0.2, 0) is 24.6 Å². The van der Waals surface area contributed by atoms with Gasteiger partial charge in [0.25, 0.3) is 0 Å². The summed E-state index contributed by atoms with van der Waals surface area (Å²) < 4.78 is 0. The molecule has 13 heavy (non-hydrogen) atoms. The van der Waals surface area contributed by atoms with Gasteiger partial charge < -0.3 is 11.7 Å². The summed E-state index contributed by atoms with van der Waals surface area (Å²) in [7, 11) is 0. The Labute approximate surface area is 94.4 Å². The zero-order valence-corrected chi connectivity index (χ0v) is 11.1. The van der Waals surface area contributed by atoms with Gasteiger partial charge in [-0.2, -0.15) is 0 Å². The molecular weight excluding hydrogens is 338 g/mol. The van der Waals surface area contributed by atoms with Crippen LogP contribution in [0.15, 0.2) is 23.3 Å². The second-order valence-electron chi connectivity index (χ2n) is 3.18. The number of rotatable bonds is 0. The zero-order valence-electron chi connectivity index (χ0n) is 8.54. The van der Waals surface area contributed by atoms with Crippen molar-refractivity contribution in [1.29, 1.82) is 0 Å². The Hall–Kier alpha value is -0.344. The molecule has 0 N–H and O–H groups in total. The van der Waals surface area contributed by atoms with Crippen LogP contribution < -0.4 is 0 Å². The minimum Gasteiger partial charge on any atom is -0.340 e. The van der Waals surface area contributed by atoms with Crippen LogP contribution in [0.3, 0.4) is 0 Å². The summed E-state index contributed by atoms with van der Waals surface area (Å²) in [6.07, 6.45) is 7.04. The summed E-state index contributed by atoms with van der Waals surface area (Å²) >= 11 is 0. The van der Waals surface area contributed by atoms with Gasteiger partial charge in [-0.15, -0.1) is 0 Å². The number of hydrogen-bond donors (Lipinski definition) is 0. The monoisotopic (exact) mass is 357 g/mol. The molecule has 1 rings (SSSR count). The number of allylic oxidation sites excluding steroid dienone is 4. The molecule has 0 aromatic carbocycles. The Kier molecular flexibility index (Phi) is 9.63. The molecule has 0 atom stereocenters. The topological polar surface area (TPSA) is 17.1 Å². The molecule has 0 unspecified atom stereocenters. The predicted molar refractivity (Wildman–Crippen MR) is 52.8 cm³/mol. The van der Waals surface area contributed by atoms with Crippen LogP contribution in [0, 0.1) is 6.92 Å². The van der Waals surface area contributed by atoms with Crippen molar-refractivity contribution in [2.45, 2.75) is 33.6 Å². The summed E-state index contributed by atoms with van der Waals surface area (Å²) in [6, 6.07) is 0. The van der Waals surface area contributed by atoms with Gasteiger partial charge in [-0.25, -0.2) is 0 Å². The van der Waals surface area contributed by atoms with Gasteiger partial charge in [-0.3, -0.25) is 0 Å². The van der Waals surface area contributed by atoms with Crippen molar-refractivity contribution < 1.29 is 24.6 Å². The minimum atomic E-state index is -0.0833. The minimum absolute atomic E-state index is 0. The molecule has 1 aliphatic carbocycles. The van der Waals surface area contributed by atoms with Crippen molar-refractivity contribution in [3.05, 3.63) is 30.2 Å². The molecule has 75 valence electrons. The van der Waals surface area contributed by atoms with E-state index in [2.05, 4.69) is 32.9 Å². The van der Waals surface area contributed by atoms with E-state index in [0.717, 1.165) is 0 Å². The third-order valence-electron chi connectivity index (χ3n) is 1.48. The van der Waals surface area contributed by atoms with E-state index in [-0.39, 0.29) is 25.6 Å². The maximum atomic E-state index is 9.33. The first-order chi connectivity index (χ1) is 5.52. The molecule has 0 aromatic heterocycles. The van der Waals surface area contributed by atoms with Gasteiger partial charge in [0.15, 0.2) is 0 Å². The summed E-state index contributed by atoms with van der Waals surface area (Å²) in [4.78, 5) is 9.33. The maximum absolute atomic E-state index is 9.33. The van der Waals surface area contributed by atoms with Gasteiger partial charge in [0.1, 0.15) is 0 Å². The van der Waals surface area contributed by atoms with Crippen molar-refractivity contribution in [2.75, 3.05) is 0 Å². The van der Waals surface area contributed by atoms with E-state index in [1.165, 1.54) is 30.9 Å². The molecule has 0 aliphatic heterocycles. The Morgan fingerprint density at radius 1 is 1.46 bits per heavy atom. The molecule has 2 heteroatoms. The maximum Gasteiger partial charge on any atom is 1.00 e. The van der Waals surface area contributed by atoms with E-state index in [0.29, 0.717) is 0 Å². The van der Waals surface area contributed by atoms with Crippen LogP contribution >= 0.6 is 0 Å². The van der Waals surface area contributed by atoms with Crippen LogP contribution in [0.2, 0.25) is 0 Å². The fourth-order valence-corrected chi connectivity index (χ4v) is 1.05. The van der Waals surface area contributed by atoms with Crippen molar-refractivity contribution in [3.8, 4) is 0 Å². The SMILES string of the molecule is CC1=CCCC(C)=C1.[CH2-]C(C)=O.[Os+]. The van der Waals surface area contributed by atoms with Crippen molar-refractivity contribution >= 4 is 5.78 Å². The third-order valence-corrected chi connectivity index (χ3v) is 1.48. The predicted octanol–water partition coefficient (Wildman–Crippen LogP) is 3.08. The van der Waals surface area contributed by atoms with E-state index < -0.39 is 0 Å². The van der Waals surface area contributed by atoms with Gasteiger partial charge >= 0.3 is 19.8 Å². The fourth-order valence-electron chi connectivity index (χ4n) is 1.05. The molecule has 0 spiro atoms. The van der Waals surface area contributed by atoms with Gasteiger partial charge in [0.2, 0.25) is 0 Å². The molecule has 0 saturated carbocycles. The van der Waals surface area contributed by atoms with Crippen molar-refractivity contribution in [1.82, 2.24) is 0 Å². The Bertz CT molecular complexity index is 210. The molecule has 1 aliphatic rings. The molecule has 1 nitrogen and oxygen atoms in total. The molecule has 0 amide bonds. The van der Waals surface area contributed by atoms with Gasteiger partial charge in [0, 0.05) is 0 Å². The quantitative estimate of drug-likeness (QED) is 0.611. The largest absolute Gasteiger partial charge is 1.00 e. The third kappa shape index (κ3) is 11.7. The molecule has 0 aromatic rings. The van der Waals surface area contributed by atoms with Crippen LogP contribution in [0.4, 0.5) is 0 Å². The second kappa shape index (κ2) is 8.26. The number of carbonyl (C=O) groups is 1. The van der Waals surface area contributed by atoms with E-state index in [4.69, 9.17) is 0 Å². The summed E-state index contributed by atoms with van der Waals surface area (Å²) in [5.41, 5.74) is 2.94. The summed E-state index contributed by atoms with van der Waals surface area (Å²) in [5.74, 6) is -0.0833. The van der Waals surface area contributed by atoms with E-state index in [1.54, 1.807) is 0 Å². The first kappa shape index (κ1) is 15.1. The number of hydrogen-bond acceptors (Lipinski definition) is 1. The smallest absolute Gasteiger partial charge is 0.340 e. The Morgan fingerprint density at radius 3 is 2.15 bits per heavy atom. The molecule has 0 saturated heterocycles. The number of ketones is 1. The van der Waals surface area contributed by atoms with Gasteiger partial charge in [-0.05, 0) is 39.4 Å². The van der Waals surface area contributed by atoms with E-state index in [9.17, 15) is 4.79 Å². The average Bonchev–Trinajstić information content (AvgIpc) is 1.84. The van der Waals surface area contributed by atoms with E-state index in [1.807, 2.05) is 0 Å². The summed E-state index contributed by atoms with van der Waals surface area (Å²) in [6.45, 7) is 8.76. The van der Waals surface area contributed by atoms with Gasteiger partial charge in [-0.1, -0.05) is 23.3 Å². The Balaban J connectivity index is 0. The number of carbonyl (C=O) groups excluding carboxylic acids is 1. The summed E-state index contributed by atoms with van der Waals surface area (Å²) in [5, 5.41) is 0. The van der Waals surface area contributed by atoms with Crippen molar-refractivity contribution in [2.24, 2.45) is 0 Å². The number of Topliss-reactive ketones (excluding diaryl/α,β-unsaturated/α-hetero) is 1. The molecule has 0 heterocycles. The fraction of sp³-hybridized carbons (Fsp3) is 0.455. The van der Waals surface area contributed by atoms with Gasteiger partial charge in [0.05, 0.1) is 0 Å². The van der Waals surface area contributed by atoms with Crippen LogP contribution in [0.25, 0.3) is 0 Å². The normalized spacial score (nSPS) is 14.1. The van der Waals surface area contributed by atoms with Crippen LogP contribution in [0.1, 0.15) is 33.6 Å². The first-order valence-corrected chi connectivity index (χ1v) is 4.19. The zero-order chi connectivity index (χ0) is 9.56. The molecule has 1 radical (unpaired) electrons. The van der Waals surface area contributed by atoms with E-state index >= 15 is 0 Å².